The average Bonchev–Trinajstić information content (AvgIpc) is 2.81. The first kappa shape index (κ1) is 15.4. The molecular formula is C17H23NO3. The quantitative estimate of drug-likeness (QED) is 0.782. The van der Waals surface area contributed by atoms with Crippen LogP contribution in [0, 0.1) is 6.92 Å². The van der Waals surface area contributed by atoms with Gasteiger partial charge in [-0.25, -0.2) is 0 Å². The van der Waals surface area contributed by atoms with Crippen molar-refractivity contribution in [3.05, 3.63) is 29.5 Å². The van der Waals surface area contributed by atoms with Crippen molar-refractivity contribution < 1.29 is 13.9 Å². The molecule has 0 fully saturated rings. The molecule has 0 aliphatic carbocycles. The van der Waals surface area contributed by atoms with Crippen molar-refractivity contribution in [2.45, 2.75) is 40.0 Å². The first-order valence-electron chi connectivity index (χ1n) is 7.61. The highest BCUT2D eigenvalue weighted by Gasteiger charge is 2.17. The molecule has 0 unspecified atom stereocenters. The van der Waals surface area contributed by atoms with Crippen LogP contribution in [0.4, 0.5) is 0 Å². The Kier molecular flexibility index (Phi) is 5.26. The van der Waals surface area contributed by atoms with Gasteiger partial charge < -0.3 is 14.5 Å². The summed E-state index contributed by atoms with van der Waals surface area (Å²) in [6.45, 7) is 7.30. The maximum atomic E-state index is 12.2. The minimum Gasteiger partial charge on any atom is -0.494 e. The van der Waals surface area contributed by atoms with E-state index in [0.29, 0.717) is 18.9 Å². The van der Waals surface area contributed by atoms with Gasteiger partial charge in [-0.15, -0.1) is 0 Å². The zero-order valence-corrected chi connectivity index (χ0v) is 13.0. The van der Waals surface area contributed by atoms with E-state index in [0.717, 1.165) is 41.5 Å². The summed E-state index contributed by atoms with van der Waals surface area (Å²) in [5.41, 5.74) is 1.58. The van der Waals surface area contributed by atoms with Crippen LogP contribution in [0.2, 0.25) is 0 Å². The Hall–Kier alpha value is -1.97. The number of hydrogen-bond acceptors (Lipinski definition) is 3. The maximum Gasteiger partial charge on any atom is 0.287 e. The van der Waals surface area contributed by atoms with Gasteiger partial charge in [0.15, 0.2) is 5.76 Å². The molecular weight excluding hydrogens is 266 g/mol. The molecule has 4 nitrogen and oxygen atoms in total. The zero-order valence-electron chi connectivity index (χ0n) is 13.0. The Morgan fingerprint density at radius 3 is 2.81 bits per heavy atom. The van der Waals surface area contributed by atoms with Gasteiger partial charge in [-0.2, -0.15) is 0 Å². The molecule has 0 aliphatic heterocycles. The lowest BCUT2D eigenvalue weighted by Gasteiger charge is -2.02. The predicted octanol–water partition coefficient (Wildman–Crippen LogP) is 4.06. The number of carbonyl (C=O) groups excluding carboxylic acids is 1. The number of fused-ring (bicyclic) bond motifs is 1. The Morgan fingerprint density at radius 2 is 2.10 bits per heavy atom. The molecule has 1 aromatic carbocycles. The summed E-state index contributed by atoms with van der Waals surface area (Å²) in [7, 11) is 0. The predicted molar refractivity (Wildman–Crippen MR) is 84.0 cm³/mol. The highest BCUT2D eigenvalue weighted by atomic mass is 16.5. The molecule has 0 saturated heterocycles. The number of rotatable bonds is 7. The topological polar surface area (TPSA) is 51.5 Å². The van der Waals surface area contributed by atoms with E-state index in [1.807, 2.05) is 32.0 Å². The molecule has 1 heterocycles. The number of unbranched alkanes of at least 4 members (excludes halogenated alkanes) is 2. The lowest BCUT2D eigenvalue weighted by atomic mass is 10.1. The van der Waals surface area contributed by atoms with Gasteiger partial charge in [0.05, 0.1) is 6.61 Å². The first-order valence-corrected chi connectivity index (χ1v) is 7.61. The molecule has 0 saturated carbocycles. The zero-order chi connectivity index (χ0) is 15.2. The lowest BCUT2D eigenvalue weighted by molar-refractivity contribution is 0.0926. The van der Waals surface area contributed by atoms with Gasteiger partial charge in [-0.05, 0) is 38.5 Å². The molecule has 4 heteroatoms. The standard InChI is InChI=1S/C17H23NO3/c1-4-6-7-10-18-17(19)16-12(3)14-11-13(20-5-2)8-9-15(14)21-16/h8-9,11H,4-7,10H2,1-3H3,(H,18,19). The average molecular weight is 289 g/mol. The van der Waals surface area contributed by atoms with Crippen LogP contribution < -0.4 is 10.1 Å². The number of carbonyl (C=O) groups is 1. The van der Waals surface area contributed by atoms with Crippen LogP contribution in [-0.4, -0.2) is 19.1 Å². The molecule has 2 rings (SSSR count). The molecule has 0 spiro atoms. The van der Waals surface area contributed by atoms with Crippen molar-refractivity contribution in [1.29, 1.82) is 0 Å². The lowest BCUT2D eigenvalue weighted by Crippen LogP contribution is -2.24. The highest BCUT2D eigenvalue weighted by Crippen LogP contribution is 2.28. The van der Waals surface area contributed by atoms with Crippen LogP contribution in [0.5, 0.6) is 5.75 Å². The van der Waals surface area contributed by atoms with Crippen molar-refractivity contribution in [2.24, 2.45) is 0 Å². The molecule has 0 bridgehead atoms. The third kappa shape index (κ3) is 3.57. The fourth-order valence-electron chi connectivity index (χ4n) is 2.33. The first-order chi connectivity index (χ1) is 10.2. The van der Waals surface area contributed by atoms with E-state index in [4.69, 9.17) is 9.15 Å². The second-order valence-corrected chi connectivity index (χ2v) is 5.11. The van der Waals surface area contributed by atoms with Crippen LogP contribution in [-0.2, 0) is 0 Å². The van der Waals surface area contributed by atoms with Gasteiger partial charge in [0.2, 0.25) is 0 Å². The Morgan fingerprint density at radius 1 is 1.29 bits per heavy atom. The second-order valence-electron chi connectivity index (χ2n) is 5.11. The normalized spacial score (nSPS) is 10.8. The molecule has 21 heavy (non-hydrogen) atoms. The summed E-state index contributed by atoms with van der Waals surface area (Å²) >= 11 is 0. The minimum absolute atomic E-state index is 0.141. The van der Waals surface area contributed by atoms with Gasteiger partial charge in [-0.1, -0.05) is 19.8 Å². The number of ether oxygens (including phenoxy) is 1. The van der Waals surface area contributed by atoms with Crippen molar-refractivity contribution in [1.82, 2.24) is 5.32 Å². The van der Waals surface area contributed by atoms with Crippen molar-refractivity contribution in [3.8, 4) is 5.75 Å². The van der Waals surface area contributed by atoms with Gasteiger partial charge in [0, 0.05) is 17.5 Å². The number of furan rings is 1. The summed E-state index contributed by atoms with van der Waals surface area (Å²) in [5, 5.41) is 3.84. The van der Waals surface area contributed by atoms with Crippen LogP contribution >= 0.6 is 0 Å². The summed E-state index contributed by atoms with van der Waals surface area (Å²) in [4.78, 5) is 12.2. The Balaban J connectivity index is 2.16. The van der Waals surface area contributed by atoms with E-state index in [9.17, 15) is 4.79 Å². The summed E-state index contributed by atoms with van der Waals surface area (Å²) in [6, 6.07) is 5.63. The Labute approximate surface area is 125 Å². The molecule has 114 valence electrons. The molecule has 0 atom stereocenters. The van der Waals surface area contributed by atoms with E-state index in [-0.39, 0.29) is 5.91 Å². The summed E-state index contributed by atoms with van der Waals surface area (Å²) in [6.07, 6.45) is 3.26. The van der Waals surface area contributed by atoms with Gasteiger partial charge in [0.25, 0.3) is 5.91 Å². The molecule has 0 aliphatic rings. The Bertz CT molecular complexity index is 616. The van der Waals surface area contributed by atoms with Gasteiger partial charge in [0.1, 0.15) is 11.3 Å². The highest BCUT2D eigenvalue weighted by molar-refractivity contribution is 5.99. The molecule has 1 N–H and O–H groups in total. The third-order valence-corrected chi connectivity index (χ3v) is 3.49. The largest absolute Gasteiger partial charge is 0.494 e. The summed E-state index contributed by atoms with van der Waals surface area (Å²) in [5.74, 6) is 1.05. The smallest absolute Gasteiger partial charge is 0.287 e. The number of benzene rings is 1. The monoisotopic (exact) mass is 289 g/mol. The second kappa shape index (κ2) is 7.16. The van der Waals surface area contributed by atoms with E-state index in [1.165, 1.54) is 0 Å². The van der Waals surface area contributed by atoms with E-state index in [1.54, 1.807) is 0 Å². The van der Waals surface area contributed by atoms with Crippen molar-refractivity contribution in [3.63, 3.8) is 0 Å². The van der Waals surface area contributed by atoms with Crippen LogP contribution in [0.3, 0.4) is 0 Å². The van der Waals surface area contributed by atoms with Crippen molar-refractivity contribution in [2.75, 3.05) is 13.2 Å². The SMILES string of the molecule is CCCCCNC(=O)c1oc2ccc(OCC)cc2c1C. The fraction of sp³-hybridized carbons (Fsp3) is 0.471. The molecule has 2 aromatic rings. The van der Waals surface area contributed by atoms with Gasteiger partial charge >= 0.3 is 0 Å². The van der Waals surface area contributed by atoms with Gasteiger partial charge in [-0.3, -0.25) is 4.79 Å². The molecule has 0 radical (unpaired) electrons. The van der Waals surface area contributed by atoms with E-state index in [2.05, 4.69) is 12.2 Å². The molecule has 1 amide bonds. The third-order valence-electron chi connectivity index (χ3n) is 3.49. The fourth-order valence-corrected chi connectivity index (χ4v) is 2.33. The number of nitrogens with one attached hydrogen (secondary N) is 1. The van der Waals surface area contributed by atoms with Crippen LogP contribution in [0.1, 0.15) is 49.2 Å². The minimum atomic E-state index is -0.141. The maximum absolute atomic E-state index is 12.2. The van der Waals surface area contributed by atoms with E-state index >= 15 is 0 Å². The number of hydrogen-bond donors (Lipinski definition) is 1. The van der Waals surface area contributed by atoms with Crippen LogP contribution in [0.15, 0.2) is 22.6 Å². The molecule has 1 aromatic heterocycles. The summed E-state index contributed by atoms with van der Waals surface area (Å²) < 4.78 is 11.2. The van der Waals surface area contributed by atoms with E-state index < -0.39 is 0 Å². The van der Waals surface area contributed by atoms with Crippen LogP contribution in [0.25, 0.3) is 11.0 Å². The number of aryl methyl sites for hydroxylation is 1. The van der Waals surface area contributed by atoms with Crippen molar-refractivity contribution >= 4 is 16.9 Å². The number of amides is 1.